The summed E-state index contributed by atoms with van der Waals surface area (Å²) in [5.41, 5.74) is 0.503. The number of carboxylic acid groups (broad SMARTS) is 1. The fraction of sp³-hybridized carbons (Fsp3) is 0.417. The minimum absolute atomic E-state index is 0.00364. The average molecular weight is 329 g/mol. The van der Waals surface area contributed by atoms with E-state index in [2.05, 4.69) is 15.9 Å². The molecule has 1 unspecified atom stereocenters. The maximum Gasteiger partial charge on any atom is 0.305 e. The zero-order chi connectivity index (χ0) is 14.0. The molecule has 0 spiro atoms. The highest BCUT2D eigenvalue weighted by atomic mass is 79.9. The van der Waals surface area contributed by atoms with Crippen LogP contribution in [0.1, 0.15) is 19.3 Å². The molecule has 1 aliphatic heterocycles. The van der Waals surface area contributed by atoms with Gasteiger partial charge in [0.1, 0.15) is 5.69 Å². The maximum atomic E-state index is 11.1. The Balaban J connectivity index is 2.36. The lowest BCUT2D eigenvalue weighted by Crippen LogP contribution is -2.31. The number of carboxylic acids is 1. The van der Waals surface area contributed by atoms with Crippen LogP contribution in [0, 0.1) is 10.1 Å². The molecule has 1 atom stereocenters. The van der Waals surface area contributed by atoms with E-state index < -0.39 is 10.9 Å². The van der Waals surface area contributed by atoms with Crippen molar-refractivity contribution in [3.8, 4) is 0 Å². The van der Waals surface area contributed by atoms with Gasteiger partial charge in [0, 0.05) is 23.1 Å². The standard InChI is InChI=1S/C12H13BrN2O4/c13-8-3-4-10(15(18)19)11(6-8)14-5-1-2-9(14)7-12(16)17/h3-4,6,9H,1-2,5,7H2,(H,16,17). The van der Waals surface area contributed by atoms with Crippen molar-refractivity contribution in [2.45, 2.75) is 25.3 Å². The summed E-state index contributed by atoms with van der Waals surface area (Å²) in [6.45, 7) is 0.648. The van der Waals surface area contributed by atoms with Gasteiger partial charge in [0.15, 0.2) is 0 Å². The molecule has 1 saturated heterocycles. The van der Waals surface area contributed by atoms with Gasteiger partial charge in [-0.25, -0.2) is 0 Å². The molecule has 0 aromatic heterocycles. The van der Waals surface area contributed by atoms with Gasteiger partial charge in [0.05, 0.1) is 11.3 Å². The van der Waals surface area contributed by atoms with Crippen molar-refractivity contribution in [2.24, 2.45) is 0 Å². The molecule has 102 valence electrons. The van der Waals surface area contributed by atoms with Crippen molar-refractivity contribution in [1.82, 2.24) is 0 Å². The number of halogens is 1. The zero-order valence-electron chi connectivity index (χ0n) is 10.1. The lowest BCUT2D eigenvalue weighted by molar-refractivity contribution is -0.384. The highest BCUT2D eigenvalue weighted by molar-refractivity contribution is 9.10. The van der Waals surface area contributed by atoms with E-state index >= 15 is 0 Å². The molecule has 1 aromatic rings. The third-order valence-electron chi connectivity index (χ3n) is 3.23. The third kappa shape index (κ3) is 3.04. The summed E-state index contributed by atoms with van der Waals surface area (Å²) in [5, 5.41) is 20.0. The maximum absolute atomic E-state index is 11.1. The van der Waals surface area contributed by atoms with Crippen LogP contribution in [-0.2, 0) is 4.79 Å². The van der Waals surface area contributed by atoms with E-state index in [4.69, 9.17) is 5.11 Å². The molecule has 19 heavy (non-hydrogen) atoms. The molecular formula is C12H13BrN2O4. The number of aliphatic carboxylic acids is 1. The van der Waals surface area contributed by atoms with Gasteiger partial charge < -0.3 is 10.0 Å². The van der Waals surface area contributed by atoms with Gasteiger partial charge in [0.25, 0.3) is 5.69 Å². The summed E-state index contributed by atoms with van der Waals surface area (Å²) in [6, 6.07) is 4.56. The van der Waals surface area contributed by atoms with Crippen LogP contribution in [0.4, 0.5) is 11.4 Å². The number of rotatable bonds is 4. The molecule has 7 heteroatoms. The fourth-order valence-electron chi connectivity index (χ4n) is 2.45. The van der Waals surface area contributed by atoms with Crippen molar-refractivity contribution < 1.29 is 14.8 Å². The second-order valence-corrected chi connectivity index (χ2v) is 5.39. The molecular weight excluding hydrogens is 316 g/mol. The number of nitrogens with zero attached hydrogens (tertiary/aromatic N) is 2. The van der Waals surface area contributed by atoms with Gasteiger partial charge in [-0.3, -0.25) is 14.9 Å². The van der Waals surface area contributed by atoms with Crippen LogP contribution < -0.4 is 4.90 Å². The second kappa shape index (κ2) is 5.56. The molecule has 1 aromatic carbocycles. The zero-order valence-corrected chi connectivity index (χ0v) is 11.7. The van der Waals surface area contributed by atoms with Crippen molar-refractivity contribution in [2.75, 3.05) is 11.4 Å². The van der Waals surface area contributed by atoms with Crippen LogP contribution >= 0.6 is 15.9 Å². The van der Waals surface area contributed by atoms with Crippen LogP contribution in [0.15, 0.2) is 22.7 Å². The van der Waals surface area contributed by atoms with Crippen molar-refractivity contribution >= 4 is 33.3 Å². The summed E-state index contributed by atoms with van der Waals surface area (Å²) in [7, 11) is 0. The van der Waals surface area contributed by atoms with Gasteiger partial charge in [-0.2, -0.15) is 0 Å². The van der Waals surface area contributed by atoms with E-state index in [-0.39, 0.29) is 18.2 Å². The first-order chi connectivity index (χ1) is 8.99. The molecule has 0 aliphatic carbocycles. The van der Waals surface area contributed by atoms with Gasteiger partial charge in [0.2, 0.25) is 0 Å². The SMILES string of the molecule is O=C(O)CC1CCCN1c1cc(Br)ccc1[N+](=O)[O-]. The molecule has 1 heterocycles. The average Bonchev–Trinajstić information content (AvgIpc) is 2.75. The minimum atomic E-state index is -0.880. The fourth-order valence-corrected chi connectivity index (χ4v) is 2.80. The Hall–Kier alpha value is -1.63. The number of nitro groups is 1. The number of hydrogen-bond acceptors (Lipinski definition) is 4. The predicted octanol–water partition coefficient (Wildman–Crippen LogP) is 2.80. The largest absolute Gasteiger partial charge is 0.481 e. The van der Waals surface area contributed by atoms with E-state index in [0.717, 1.165) is 17.3 Å². The summed E-state index contributed by atoms with van der Waals surface area (Å²) in [5.74, 6) is -0.880. The topological polar surface area (TPSA) is 83.7 Å². The van der Waals surface area contributed by atoms with E-state index in [1.54, 1.807) is 12.1 Å². The molecule has 6 nitrogen and oxygen atoms in total. The van der Waals surface area contributed by atoms with E-state index in [9.17, 15) is 14.9 Å². The Bertz CT molecular complexity index is 520. The highest BCUT2D eigenvalue weighted by Gasteiger charge is 2.31. The van der Waals surface area contributed by atoms with Gasteiger partial charge in [-0.15, -0.1) is 0 Å². The second-order valence-electron chi connectivity index (χ2n) is 4.48. The van der Waals surface area contributed by atoms with Gasteiger partial charge in [-0.1, -0.05) is 15.9 Å². The summed E-state index contributed by atoms with van der Waals surface area (Å²) < 4.78 is 0.745. The summed E-state index contributed by atoms with van der Waals surface area (Å²) >= 11 is 3.30. The Kier molecular flexibility index (Phi) is 4.04. The summed E-state index contributed by atoms with van der Waals surface area (Å²) in [6.07, 6.45) is 1.60. The third-order valence-corrected chi connectivity index (χ3v) is 3.72. The smallest absolute Gasteiger partial charge is 0.305 e. The quantitative estimate of drug-likeness (QED) is 0.678. The van der Waals surface area contributed by atoms with Crippen LogP contribution in [0.2, 0.25) is 0 Å². The Morgan fingerprint density at radius 1 is 1.58 bits per heavy atom. The van der Waals surface area contributed by atoms with E-state index in [1.807, 2.05) is 4.90 Å². The Labute approximate surface area is 118 Å². The lowest BCUT2D eigenvalue weighted by atomic mass is 10.1. The number of benzene rings is 1. The monoisotopic (exact) mass is 328 g/mol. The molecule has 1 aliphatic rings. The number of anilines is 1. The molecule has 1 fully saturated rings. The van der Waals surface area contributed by atoms with E-state index in [1.165, 1.54) is 6.07 Å². The Morgan fingerprint density at radius 2 is 2.32 bits per heavy atom. The molecule has 0 amide bonds. The highest BCUT2D eigenvalue weighted by Crippen LogP contribution is 2.36. The molecule has 1 N–H and O–H groups in total. The molecule has 0 bridgehead atoms. The first-order valence-corrected chi connectivity index (χ1v) is 6.70. The number of carbonyl (C=O) groups is 1. The van der Waals surface area contributed by atoms with Crippen LogP contribution in [-0.4, -0.2) is 28.6 Å². The molecule has 0 radical (unpaired) electrons. The van der Waals surface area contributed by atoms with Crippen molar-refractivity contribution in [3.63, 3.8) is 0 Å². The molecule has 0 saturated carbocycles. The molecule has 2 rings (SSSR count). The minimum Gasteiger partial charge on any atom is -0.481 e. The number of hydrogen-bond donors (Lipinski definition) is 1. The first kappa shape index (κ1) is 13.8. The van der Waals surface area contributed by atoms with E-state index in [0.29, 0.717) is 12.2 Å². The lowest BCUT2D eigenvalue weighted by Gasteiger charge is -2.25. The normalized spacial score (nSPS) is 18.6. The van der Waals surface area contributed by atoms with Gasteiger partial charge >= 0.3 is 5.97 Å². The van der Waals surface area contributed by atoms with Crippen molar-refractivity contribution in [3.05, 3.63) is 32.8 Å². The van der Waals surface area contributed by atoms with Crippen LogP contribution in [0.25, 0.3) is 0 Å². The Morgan fingerprint density at radius 3 is 2.95 bits per heavy atom. The first-order valence-electron chi connectivity index (χ1n) is 5.91. The predicted molar refractivity (Wildman–Crippen MR) is 73.4 cm³/mol. The van der Waals surface area contributed by atoms with Crippen LogP contribution in [0.3, 0.4) is 0 Å². The van der Waals surface area contributed by atoms with Gasteiger partial charge in [-0.05, 0) is 25.0 Å². The number of nitro benzene ring substituents is 1. The van der Waals surface area contributed by atoms with Crippen molar-refractivity contribution in [1.29, 1.82) is 0 Å². The summed E-state index contributed by atoms with van der Waals surface area (Å²) in [4.78, 5) is 23.3. The van der Waals surface area contributed by atoms with Crippen LogP contribution in [0.5, 0.6) is 0 Å².